The molecule has 9 aromatic carbocycles. The Labute approximate surface area is 508 Å². The number of fused-ring (bicyclic) bond motifs is 6. The topological polar surface area (TPSA) is 78.7 Å². The van der Waals surface area contributed by atoms with Crippen LogP contribution in [0, 0.1) is 6.57 Å². The van der Waals surface area contributed by atoms with E-state index in [0.717, 1.165) is 156 Å². The van der Waals surface area contributed by atoms with Crippen LogP contribution in [0.25, 0.3) is 161 Å². The van der Waals surface area contributed by atoms with Gasteiger partial charge < -0.3 is 4.57 Å². The third-order valence-corrected chi connectivity index (χ3v) is 16.8. The lowest BCUT2D eigenvalue weighted by atomic mass is 9.96. The molecule has 0 atom stereocenters. The average Bonchev–Trinajstić information content (AvgIpc) is 2.87. The number of benzene rings is 9. The van der Waals surface area contributed by atoms with Crippen LogP contribution in [0.15, 0.2) is 304 Å². The van der Waals surface area contributed by atoms with Gasteiger partial charge >= 0.3 is 0 Å². The van der Waals surface area contributed by atoms with Gasteiger partial charge in [0.25, 0.3) is 0 Å². The van der Waals surface area contributed by atoms with Gasteiger partial charge in [0.05, 0.1) is 63.3 Å². The molecule has 0 radical (unpaired) electrons. The second-order valence-corrected chi connectivity index (χ2v) is 21.9. The zero-order chi connectivity index (χ0) is 58.5. The summed E-state index contributed by atoms with van der Waals surface area (Å²) in [7, 11) is 0. The molecule has 0 saturated heterocycles. The van der Waals surface area contributed by atoms with E-state index in [-0.39, 0.29) is 0 Å². The van der Waals surface area contributed by atoms with Gasteiger partial charge in [0.1, 0.15) is 5.82 Å². The van der Waals surface area contributed by atoms with Crippen LogP contribution in [0.3, 0.4) is 0 Å². The van der Waals surface area contributed by atoms with Gasteiger partial charge in [-0.3, -0.25) is 24.5 Å². The number of aromatic nitrogens is 7. The molecule has 0 aliphatic heterocycles. The number of nitrogens with zero attached hydrogens (tertiary/aromatic N) is 8. The molecule has 0 unspecified atom stereocenters. The minimum absolute atomic E-state index is 0.544. The van der Waals surface area contributed by atoms with Crippen LogP contribution in [-0.4, -0.2) is 34.1 Å². The van der Waals surface area contributed by atoms with E-state index in [4.69, 9.17) is 31.5 Å². The van der Waals surface area contributed by atoms with Crippen molar-refractivity contribution >= 4 is 49.3 Å². The molecular formula is C80H50N8. The van der Waals surface area contributed by atoms with E-state index >= 15 is 0 Å². The van der Waals surface area contributed by atoms with Crippen molar-refractivity contribution in [2.75, 3.05) is 0 Å². The van der Waals surface area contributed by atoms with E-state index in [1.165, 1.54) is 0 Å². The third kappa shape index (κ3) is 8.98. The highest BCUT2D eigenvalue weighted by molar-refractivity contribution is 6.14. The molecule has 0 aliphatic rings. The minimum atomic E-state index is 0.544. The van der Waals surface area contributed by atoms with Crippen LogP contribution >= 0.6 is 0 Å². The van der Waals surface area contributed by atoms with E-state index in [9.17, 15) is 0 Å². The molecule has 16 aromatic rings. The smallest absolute Gasteiger partial charge is 0.187 e. The summed E-state index contributed by atoms with van der Waals surface area (Å²) in [6.07, 6.45) is 9.48. The van der Waals surface area contributed by atoms with Gasteiger partial charge in [-0.15, -0.1) is 0 Å². The maximum Gasteiger partial charge on any atom is 0.187 e. The second kappa shape index (κ2) is 21.8. The molecule has 7 heterocycles. The van der Waals surface area contributed by atoms with Crippen molar-refractivity contribution in [2.45, 2.75) is 0 Å². The van der Waals surface area contributed by atoms with E-state index in [1.54, 1.807) is 0 Å². The fourth-order valence-corrected chi connectivity index (χ4v) is 12.8. The Hall–Kier alpha value is -12.2. The summed E-state index contributed by atoms with van der Waals surface area (Å²) in [5, 5.41) is 4.25. The molecule has 0 aliphatic carbocycles. The molecule has 0 saturated carbocycles. The zero-order valence-corrected chi connectivity index (χ0v) is 47.4. The lowest BCUT2D eigenvalue weighted by Crippen LogP contribution is -2.03. The first kappa shape index (κ1) is 51.5. The van der Waals surface area contributed by atoms with Crippen LogP contribution < -0.4 is 0 Å². The molecule has 16 rings (SSSR count). The number of hydrogen-bond donors (Lipinski definition) is 0. The zero-order valence-electron chi connectivity index (χ0n) is 47.4. The van der Waals surface area contributed by atoms with Crippen molar-refractivity contribution in [2.24, 2.45) is 0 Å². The van der Waals surface area contributed by atoms with Gasteiger partial charge in [-0.2, -0.15) is 0 Å². The molecule has 0 spiro atoms. The van der Waals surface area contributed by atoms with Crippen LogP contribution in [0.1, 0.15) is 0 Å². The second-order valence-electron chi connectivity index (χ2n) is 21.9. The molecule has 8 heteroatoms. The van der Waals surface area contributed by atoms with Crippen LogP contribution in [-0.2, 0) is 0 Å². The van der Waals surface area contributed by atoms with Crippen molar-refractivity contribution in [3.63, 3.8) is 0 Å². The Balaban J connectivity index is 0.938. The van der Waals surface area contributed by atoms with E-state index < -0.39 is 0 Å². The molecule has 7 aromatic heterocycles. The summed E-state index contributed by atoms with van der Waals surface area (Å²) in [5.41, 5.74) is 23.4. The highest BCUT2D eigenvalue weighted by Crippen LogP contribution is 2.45. The standard InChI is InChI=1S/C80H50N8/c1-81-61-28-14-27-56(45-61)66-50-76(88-73-39-35-59(64-31-17-43-84-79(64)54-23-10-4-11-24-54)48-69(73)70-49-60(36-40-74(70)88)65-32-18-44-85-80(65)55-25-12-5-13-26-55)86-51-75(66)87-71-37-33-57(62-29-15-41-82-77(62)52-19-6-2-7-20-52)46-67(71)68-47-58(34-38-72(68)87)63-30-16-42-83-78(63)53-21-8-3-9-22-53/h2-51H. The summed E-state index contributed by atoms with van der Waals surface area (Å²) >= 11 is 0. The predicted molar refractivity (Wildman–Crippen MR) is 359 cm³/mol. The SMILES string of the molecule is [C-]#[N+]c1cccc(-c2cc(-n3c4ccc(-c5cccnc5-c5ccccc5)cc4c4cc(-c5cccnc5-c5ccccc5)ccc43)ncc2-n2c3ccc(-c4cccnc4-c4ccccc4)cc3c3cc(-c4cccnc4-c4ccccc4)ccc32)c1. The maximum absolute atomic E-state index is 8.24. The van der Waals surface area contributed by atoms with Gasteiger partial charge in [0, 0.05) is 96.4 Å². The quantitative estimate of drug-likeness (QED) is 0.121. The summed E-state index contributed by atoms with van der Waals surface area (Å²) in [6, 6.07) is 95.3. The van der Waals surface area contributed by atoms with Gasteiger partial charge in [0.2, 0.25) is 0 Å². The molecule has 0 amide bonds. The van der Waals surface area contributed by atoms with Crippen LogP contribution in [0.5, 0.6) is 0 Å². The van der Waals surface area contributed by atoms with Crippen molar-refractivity contribution in [3.05, 3.63) is 315 Å². The Kier molecular flexibility index (Phi) is 12.7. The third-order valence-electron chi connectivity index (χ3n) is 16.8. The van der Waals surface area contributed by atoms with Crippen molar-refractivity contribution in [1.29, 1.82) is 0 Å². The molecular weight excluding hydrogens is 1070 g/mol. The highest BCUT2D eigenvalue weighted by atomic mass is 15.1. The van der Waals surface area contributed by atoms with Crippen LogP contribution in [0.2, 0.25) is 0 Å². The lowest BCUT2D eigenvalue weighted by Gasteiger charge is -2.17. The Morgan fingerprint density at radius 3 is 0.943 bits per heavy atom. The van der Waals surface area contributed by atoms with E-state index in [2.05, 4.69) is 220 Å². The Morgan fingerprint density at radius 2 is 0.591 bits per heavy atom. The highest BCUT2D eigenvalue weighted by Gasteiger charge is 2.24. The fourth-order valence-electron chi connectivity index (χ4n) is 12.8. The molecule has 0 bridgehead atoms. The van der Waals surface area contributed by atoms with Crippen molar-refractivity contribution in [3.8, 4) is 112 Å². The Bertz CT molecular complexity index is 5110. The maximum atomic E-state index is 8.24. The van der Waals surface area contributed by atoms with Gasteiger partial charge in [0.15, 0.2) is 5.69 Å². The van der Waals surface area contributed by atoms with E-state index in [1.807, 2.05) is 97.7 Å². The molecule has 88 heavy (non-hydrogen) atoms. The minimum Gasteiger partial charge on any atom is -0.307 e. The first-order valence-electron chi connectivity index (χ1n) is 29.3. The normalized spacial score (nSPS) is 11.4. The van der Waals surface area contributed by atoms with Crippen molar-refractivity contribution < 1.29 is 0 Å². The fraction of sp³-hybridized carbons (Fsp3) is 0. The van der Waals surface area contributed by atoms with Crippen molar-refractivity contribution in [1.82, 2.24) is 34.1 Å². The van der Waals surface area contributed by atoms with Gasteiger partial charge in [-0.05, 0) is 113 Å². The lowest BCUT2D eigenvalue weighted by molar-refractivity contribution is 1.06. The molecule has 410 valence electrons. The Morgan fingerprint density at radius 1 is 0.261 bits per heavy atom. The summed E-state index contributed by atoms with van der Waals surface area (Å²) in [6.45, 7) is 8.24. The largest absolute Gasteiger partial charge is 0.307 e. The summed E-state index contributed by atoms with van der Waals surface area (Å²) in [5.74, 6) is 0.727. The molecule has 0 fully saturated rings. The molecule has 8 nitrogen and oxygen atoms in total. The van der Waals surface area contributed by atoms with Crippen LogP contribution in [0.4, 0.5) is 5.69 Å². The average molecular weight is 1120 g/mol. The number of hydrogen-bond acceptors (Lipinski definition) is 5. The monoisotopic (exact) mass is 1120 g/mol. The van der Waals surface area contributed by atoms with Gasteiger partial charge in [-0.25, -0.2) is 9.83 Å². The summed E-state index contributed by atoms with van der Waals surface area (Å²) in [4.78, 5) is 29.3. The van der Waals surface area contributed by atoms with Gasteiger partial charge in [-0.1, -0.05) is 188 Å². The summed E-state index contributed by atoms with van der Waals surface area (Å²) < 4.78 is 4.63. The number of pyridine rings is 5. The predicted octanol–water partition coefficient (Wildman–Crippen LogP) is 20.4. The number of rotatable bonds is 11. The van der Waals surface area contributed by atoms with E-state index in [0.29, 0.717) is 5.69 Å². The first-order chi connectivity index (χ1) is 43.6. The first-order valence-corrected chi connectivity index (χ1v) is 29.3. The molecule has 0 N–H and O–H groups in total.